The van der Waals surface area contributed by atoms with E-state index in [-0.39, 0.29) is 18.7 Å². The van der Waals surface area contributed by atoms with Crippen molar-refractivity contribution in [2.24, 2.45) is 0 Å². The summed E-state index contributed by atoms with van der Waals surface area (Å²) < 4.78 is 21.9. The summed E-state index contributed by atoms with van der Waals surface area (Å²) in [7, 11) is -3.04. The number of urea groups is 1. The maximum atomic E-state index is 11.7. The van der Waals surface area contributed by atoms with Crippen molar-refractivity contribution in [3.05, 3.63) is 29.8 Å². The van der Waals surface area contributed by atoms with Gasteiger partial charge >= 0.3 is 12.0 Å². The van der Waals surface area contributed by atoms with E-state index in [0.717, 1.165) is 6.26 Å². The van der Waals surface area contributed by atoms with E-state index in [1.807, 2.05) is 0 Å². The molecule has 2 amide bonds. The fraction of sp³-hybridized carbons (Fsp3) is 0.385. The highest BCUT2D eigenvalue weighted by Crippen LogP contribution is 2.15. The van der Waals surface area contributed by atoms with E-state index in [2.05, 4.69) is 10.6 Å². The molecule has 1 rings (SSSR count). The second kappa shape index (κ2) is 7.63. The third-order valence-electron chi connectivity index (χ3n) is 2.58. The van der Waals surface area contributed by atoms with Crippen LogP contribution in [0.4, 0.5) is 10.5 Å². The van der Waals surface area contributed by atoms with E-state index in [0.29, 0.717) is 17.7 Å². The summed E-state index contributed by atoms with van der Waals surface area (Å²) in [6.07, 6.45) is 1.27. The van der Waals surface area contributed by atoms with E-state index >= 15 is 0 Å². The molecule has 0 heterocycles. The number of carboxylic acids is 1. The zero-order valence-corrected chi connectivity index (χ0v) is 12.4. The number of carboxylic acid groups (broad SMARTS) is 1. The summed E-state index contributed by atoms with van der Waals surface area (Å²) in [4.78, 5) is 22.4. The van der Waals surface area contributed by atoms with Crippen molar-refractivity contribution in [2.45, 2.75) is 12.8 Å². The highest BCUT2D eigenvalue weighted by molar-refractivity contribution is 7.90. The smallest absolute Gasteiger partial charge is 0.319 e. The quantitative estimate of drug-likeness (QED) is 0.646. The Morgan fingerprint density at radius 2 is 1.90 bits per heavy atom. The average Bonchev–Trinajstić information content (AvgIpc) is 2.35. The molecule has 0 unspecified atom stereocenters. The molecule has 7 nitrogen and oxygen atoms in total. The van der Waals surface area contributed by atoms with Crippen LogP contribution in [0.15, 0.2) is 24.3 Å². The molecule has 0 bridgehead atoms. The minimum atomic E-state index is -3.04. The summed E-state index contributed by atoms with van der Waals surface area (Å²) in [5, 5.41) is 13.9. The normalized spacial score (nSPS) is 10.9. The Labute approximate surface area is 123 Å². The van der Waals surface area contributed by atoms with Crippen LogP contribution in [0, 0.1) is 0 Å². The fourth-order valence-electron chi connectivity index (χ4n) is 1.66. The predicted octanol–water partition coefficient (Wildman–Crippen LogP) is 0.870. The van der Waals surface area contributed by atoms with Gasteiger partial charge in [-0.15, -0.1) is 0 Å². The monoisotopic (exact) mass is 314 g/mol. The molecule has 1 aromatic rings. The van der Waals surface area contributed by atoms with E-state index in [9.17, 15) is 18.0 Å². The van der Waals surface area contributed by atoms with Crippen molar-refractivity contribution in [1.82, 2.24) is 5.32 Å². The van der Waals surface area contributed by atoms with Crippen molar-refractivity contribution < 1.29 is 23.1 Å². The SMILES string of the molecule is CS(=O)(=O)CCCNC(=O)Nc1ccccc1CC(=O)O. The highest BCUT2D eigenvalue weighted by Gasteiger charge is 2.09. The molecule has 8 heteroatoms. The summed E-state index contributed by atoms with van der Waals surface area (Å²) in [5.74, 6) is -0.985. The molecule has 3 N–H and O–H groups in total. The molecule has 0 atom stereocenters. The maximum absolute atomic E-state index is 11.7. The number of aliphatic carboxylic acids is 1. The maximum Gasteiger partial charge on any atom is 0.319 e. The van der Waals surface area contributed by atoms with Gasteiger partial charge in [0.1, 0.15) is 9.84 Å². The number of rotatable bonds is 7. The molecule has 0 saturated heterocycles. The van der Waals surface area contributed by atoms with Crippen LogP contribution in [0.2, 0.25) is 0 Å². The molecule has 116 valence electrons. The number of hydrogen-bond acceptors (Lipinski definition) is 4. The first-order valence-electron chi connectivity index (χ1n) is 6.30. The summed E-state index contributed by atoms with van der Waals surface area (Å²) in [5.41, 5.74) is 0.914. The average molecular weight is 314 g/mol. The minimum absolute atomic E-state index is 0.00286. The topological polar surface area (TPSA) is 113 Å². The van der Waals surface area contributed by atoms with Gasteiger partial charge in [0.2, 0.25) is 0 Å². The van der Waals surface area contributed by atoms with E-state index in [1.54, 1.807) is 24.3 Å². The van der Waals surface area contributed by atoms with Crippen molar-refractivity contribution in [3.63, 3.8) is 0 Å². The molecule has 0 aromatic heterocycles. The van der Waals surface area contributed by atoms with Gasteiger partial charge in [0, 0.05) is 18.5 Å². The Morgan fingerprint density at radius 3 is 2.52 bits per heavy atom. The van der Waals surface area contributed by atoms with Gasteiger partial charge < -0.3 is 15.7 Å². The molecule has 1 aromatic carbocycles. The fourth-order valence-corrected chi connectivity index (χ4v) is 2.33. The Hall–Kier alpha value is -2.09. The van der Waals surface area contributed by atoms with Crippen LogP contribution in [0.5, 0.6) is 0 Å². The first-order chi connectivity index (χ1) is 9.78. The molecule has 0 fully saturated rings. The molecule has 0 aliphatic rings. The van der Waals surface area contributed by atoms with Crippen LogP contribution >= 0.6 is 0 Å². The number of sulfone groups is 1. The van der Waals surface area contributed by atoms with Gasteiger partial charge in [0.15, 0.2) is 0 Å². The molecule has 0 radical (unpaired) electrons. The molecule has 21 heavy (non-hydrogen) atoms. The van der Waals surface area contributed by atoms with Crippen LogP contribution < -0.4 is 10.6 Å². The summed E-state index contributed by atoms with van der Waals surface area (Å²) in [6, 6.07) is 6.10. The second-order valence-corrected chi connectivity index (χ2v) is 6.85. The van der Waals surface area contributed by atoms with Crippen LogP contribution in [-0.4, -0.2) is 44.1 Å². The van der Waals surface area contributed by atoms with Gasteiger partial charge in [-0.25, -0.2) is 13.2 Å². The van der Waals surface area contributed by atoms with E-state index < -0.39 is 21.8 Å². The molecular formula is C13H18N2O5S. The third-order valence-corrected chi connectivity index (χ3v) is 3.61. The molecule has 0 spiro atoms. The number of benzene rings is 1. The molecule has 0 saturated carbocycles. The Balaban J connectivity index is 2.49. The number of nitrogens with one attached hydrogen (secondary N) is 2. The zero-order valence-electron chi connectivity index (χ0n) is 11.6. The van der Waals surface area contributed by atoms with Crippen molar-refractivity contribution in [1.29, 1.82) is 0 Å². The first-order valence-corrected chi connectivity index (χ1v) is 8.36. The minimum Gasteiger partial charge on any atom is -0.481 e. The van der Waals surface area contributed by atoms with Gasteiger partial charge in [-0.3, -0.25) is 4.79 Å². The van der Waals surface area contributed by atoms with Gasteiger partial charge in [-0.1, -0.05) is 18.2 Å². The lowest BCUT2D eigenvalue weighted by molar-refractivity contribution is -0.136. The zero-order chi connectivity index (χ0) is 15.9. The lowest BCUT2D eigenvalue weighted by atomic mass is 10.1. The number of carbonyl (C=O) groups is 2. The number of carbonyl (C=O) groups excluding carboxylic acids is 1. The third kappa shape index (κ3) is 7.31. The molecule has 0 aliphatic heterocycles. The summed E-state index contributed by atoms with van der Waals surface area (Å²) >= 11 is 0. The Kier molecular flexibility index (Phi) is 6.16. The van der Waals surface area contributed by atoms with Gasteiger partial charge in [0.25, 0.3) is 0 Å². The van der Waals surface area contributed by atoms with Crippen LogP contribution in [0.1, 0.15) is 12.0 Å². The summed E-state index contributed by atoms with van der Waals surface area (Å²) in [6.45, 7) is 0.222. The largest absolute Gasteiger partial charge is 0.481 e. The van der Waals surface area contributed by atoms with Crippen LogP contribution in [0.25, 0.3) is 0 Å². The number of amides is 2. The van der Waals surface area contributed by atoms with Gasteiger partial charge in [-0.2, -0.15) is 0 Å². The van der Waals surface area contributed by atoms with Crippen molar-refractivity contribution >= 4 is 27.5 Å². The number of para-hydroxylation sites is 1. The Morgan fingerprint density at radius 1 is 1.24 bits per heavy atom. The molecule has 0 aliphatic carbocycles. The van der Waals surface area contributed by atoms with E-state index in [4.69, 9.17) is 5.11 Å². The Bertz CT molecular complexity index is 613. The van der Waals surface area contributed by atoms with Crippen molar-refractivity contribution in [3.8, 4) is 0 Å². The first kappa shape index (κ1) is 17.0. The lowest BCUT2D eigenvalue weighted by Crippen LogP contribution is -2.30. The molecular weight excluding hydrogens is 296 g/mol. The number of hydrogen-bond donors (Lipinski definition) is 3. The van der Waals surface area contributed by atoms with Crippen LogP contribution in [0.3, 0.4) is 0 Å². The van der Waals surface area contributed by atoms with Gasteiger partial charge in [-0.05, 0) is 18.1 Å². The lowest BCUT2D eigenvalue weighted by Gasteiger charge is -2.10. The standard InChI is InChI=1S/C13H18N2O5S/c1-21(19,20)8-4-7-14-13(18)15-11-6-3-2-5-10(11)9-12(16)17/h2-3,5-6H,4,7-9H2,1H3,(H,16,17)(H2,14,15,18). The number of anilines is 1. The predicted molar refractivity (Wildman–Crippen MR) is 79.1 cm³/mol. The highest BCUT2D eigenvalue weighted by atomic mass is 32.2. The van der Waals surface area contributed by atoms with Crippen molar-refractivity contribution in [2.75, 3.05) is 23.9 Å². The second-order valence-electron chi connectivity index (χ2n) is 4.59. The van der Waals surface area contributed by atoms with E-state index in [1.165, 1.54) is 0 Å². The van der Waals surface area contributed by atoms with Crippen LogP contribution in [-0.2, 0) is 21.1 Å². The van der Waals surface area contributed by atoms with Gasteiger partial charge in [0.05, 0.1) is 12.2 Å².